The first-order chi connectivity index (χ1) is 20.5. The van der Waals surface area contributed by atoms with Crippen LogP contribution >= 0.6 is 11.3 Å². The van der Waals surface area contributed by atoms with Gasteiger partial charge in [0, 0.05) is 29.3 Å². The summed E-state index contributed by atoms with van der Waals surface area (Å²) in [6.45, 7) is 4.06. The number of carboxylic acids is 1. The number of ketones is 1. The van der Waals surface area contributed by atoms with E-state index in [9.17, 15) is 34.8 Å². The SMILES string of the molecule is Cc1cnc(NC(=O)CCC2CC(=O)C3(C)CCC4c5ccc(OC6OC(C(=O)O)C(O)C(O)C6O)cc5CCC4C23)s1. The Labute approximate surface area is 253 Å². The van der Waals surface area contributed by atoms with Crippen LogP contribution in [-0.4, -0.2) is 73.8 Å². The highest BCUT2D eigenvalue weighted by atomic mass is 32.1. The molecule has 43 heavy (non-hydrogen) atoms. The van der Waals surface area contributed by atoms with Crippen LogP contribution in [-0.2, 0) is 25.5 Å². The molecular formula is C31H38N2O9S. The van der Waals surface area contributed by atoms with E-state index in [-0.39, 0.29) is 29.1 Å². The first kappa shape index (κ1) is 30.1. The number of benzene rings is 1. The van der Waals surface area contributed by atoms with Gasteiger partial charge < -0.3 is 35.2 Å². The number of carboxylic acid groups (broad SMARTS) is 1. The molecule has 2 saturated carbocycles. The number of fused-ring (bicyclic) bond motifs is 5. The Morgan fingerprint density at radius 3 is 2.70 bits per heavy atom. The van der Waals surface area contributed by atoms with Crippen LogP contribution in [0.4, 0.5) is 5.13 Å². The molecule has 4 aliphatic rings. The van der Waals surface area contributed by atoms with Crippen LogP contribution in [0.25, 0.3) is 0 Å². The molecule has 2 aromatic rings. The lowest BCUT2D eigenvalue weighted by atomic mass is 9.54. The number of ether oxygens (including phenoxy) is 2. The minimum atomic E-state index is -1.78. The maximum atomic E-state index is 13.3. The van der Waals surface area contributed by atoms with Crippen LogP contribution < -0.4 is 10.1 Å². The molecule has 10 atom stereocenters. The number of anilines is 1. The molecule has 0 spiro atoms. The van der Waals surface area contributed by atoms with Crippen LogP contribution in [0.15, 0.2) is 24.4 Å². The number of amides is 1. The van der Waals surface area contributed by atoms with E-state index >= 15 is 0 Å². The van der Waals surface area contributed by atoms with Gasteiger partial charge in [-0.1, -0.05) is 13.0 Å². The van der Waals surface area contributed by atoms with E-state index in [1.165, 1.54) is 16.9 Å². The minimum absolute atomic E-state index is 0.0759. The quantitative estimate of drug-likeness (QED) is 0.312. The average molecular weight is 615 g/mol. The molecule has 12 heteroatoms. The smallest absolute Gasteiger partial charge is 0.335 e. The van der Waals surface area contributed by atoms with Gasteiger partial charge in [-0.2, -0.15) is 0 Å². The molecule has 3 fully saturated rings. The van der Waals surface area contributed by atoms with Crippen LogP contribution in [0.3, 0.4) is 0 Å². The van der Waals surface area contributed by atoms with Crippen molar-refractivity contribution in [1.29, 1.82) is 0 Å². The maximum Gasteiger partial charge on any atom is 0.335 e. The van der Waals surface area contributed by atoms with E-state index in [0.717, 1.165) is 36.1 Å². The average Bonchev–Trinajstić information content (AvgIpc) is 3.50. The van der Waals surface area contributed by atoms with Crippen molar-refractivity contribution in [2.45, 2.75) is 95.4 Å². The number of carbonyl (C=O) groups excluding carboxylic acids is 2. The molecular weight excluding hydrogens is 576 g/mol. The monoisotopic (exact) mass is 614 g/mol. The summed E-state index contributed by atoms with van der Waals surface area (Å²) in [6, 6.07) is 5.61. The predicted molar refractivity (Wildman–Crippen MR) is 155 cm³/mol. The summed E-state index contributed by atoms with van der Waals surface area (Å²) in [5, 5.41) is 43.3. The highest BCUT2D eigenvalue weighted by molar-refractivity contribution is 7.15. The van der Waals surface area contributed by atoms with Gasteiger partial charge in [0.15, 0.2) is 11.2 Å². The normalized spacial score (nSPS) is 36.8. The molecule has 1 amide bonds. The van der Waals surface area contributed by atoms with Crippen molar-refractivity contribution in [2.75, 3.05) is 5.32 Å². The van der Waals surface area contributed by atoms with Gasteiger partial charge in [0.1, 0.15) is 29.8 Å². The fourth-order valence-electron chi connectivity index (χ4n) is 8.15. The second-order valence-electron chi connectivity index (χ2n) is 12.8. The minimum Gasteiger partial charge on any atom is -0.479 e. The van der Waals surface area contributed by atoms with Crippen molar-refractivity contribution in [3.05, 3.63) is 40.4 Å². The van der Waals surface area contributed by atoms with Gasteiger partial charge in [-0.25, -0.2) is 9.78 Å². The molecule has 5 N–H and O–H groups in total. The van der Waals surface area contributed by atoms with E-state index in [0.29, 0.717) is 41.8 Å². The molecule has 232 valence electrons. The zero-order valence-corrected chi connectivity index (χ0v) is 25.0. The third kappa shape index (κ3) is 5.48. The third-order valence-corrected chi connectivity index (χ3v) is 11.0. The fourth-order valence-corrected chi connectivity index (χ4v) is 8.83. The lowest BCUT2D eigenvalue weighted by Gasteiger charge is -2.50. The highest BCUT2D eigenvalue weighted by Crippen LogP contribution is 2.62. The summed E-state index contributed by atoms with van der Waals surface area (Å²) >= 11 is 1.44. The van der Waals surface area contributed by atoms with Crippen LogP contribution in [0, 0.1) is 30.1 Å². The Balaban J connectivity index is 1.16. The Morgan fingerprint density at radius 1 is 1.19 bits per heavy atom. The van der Waals surface area contributed by atoms with Gasteiger partial charge in [-0.15, -0.1) is 11.3 Å². The van der Waals surface area contributed by atoms with Crippen molar-refractivity contribution in [1.82, 2.24) is 4.98 Å². The van der Waals surface area contributed by atoms with E-state index in [1.807, 2.05) is 19.1 Å². The van der Waals surface area contributed by atoms with Crippen molar-refractivity contribution in [3.63, 3.8) is 0 Å². The zero-order valence-electron chi connectivity index (χ0n) is 24.1. The molecule has 11 nitrogen and oxygen atoms in total. The molecule has 10 unspecified atom stereocenters. The van der Waals surface area contributed by atoms with Crippen LogP contribution in [0.1, 0.15) is 67.4 Å². The van der Waals surface area contributed by atoms with Gasteiger partial charge in [0.05, 0.1) is 0 Å². The number of aryl methyl sites for hydroxylation is 2. The van der Waals surface area contributed by atoms with E-state index in [4.69, 9.17) is 9.47 Å². The van der Waals surface area contributed by atoms with Gasteiger partial charge >= 0.3 is 5.97 Å². The van der Waals surface area contributed by atoms with Crippen LogP contribution in [0.5, 0.6) is 5.75 Å². The Bertz CT molecular complexity index is 1410. The fraction of sp³-hybridized carbons (Fsp3) is 0.613. The number of carbonyl (C=O) groups is 3. The summed E-state index contributed by atoms with van der Waals surface area (Å²) < 4.78 is 11.1. The van der Waals surface area contributed by atoms with E-state index < -0.39 is 36.7 Å². The number of thiazole rings is 1. The first-order valence-electron chi connectivity index (χ1n) is 14.9. The zero-order chi connectivity index (χ0) is 30.6. The highest BCUT2D eigenvalue weighted by Gasteiger charge is 2.58. The summed E-state index contributed by atoms with van der Waals surface area (Å²) in [5.41, 5.74) is 1.90. The standard InChI is InChI=1S/C31H38N2O9S/c1-14-13-32-30(43-14)33-22(35)8-4-16-12-21(34)31(2)10-9-19-18-7-5-17(11-15(18)3-6-20(19)23(16)31)41-29-26(38)24(36)25(37)27(42-29)28(39)40/h5,7,11,13,16,19-20,23-27,29,36-38H,3-4,6,8-10,12H2,1-2H3,(H,39,40)(H,32,33,35). The van der Waals surface area contributed by atoms with Crippen molar-refractivity contribution >= 4 is 34.1 Å². The summed E-state index contributed by atoms with van der Waals surface area (Å²) in [4.78, 5) is 42.8. The van der Waals surface area contributed by atoms with Crippen molar-refractivity contribution in [3.8, 4) is 5.75 Å². The number of Topliss-reactive ketones (excluding diaryl/α,β-unsaturated/α-hetero) is 1. The molecule has 2 heterocycles. The number of aliphatic carboxylic acids is 1. The van der Waals surface area contributed by atoms with Crippen molar-refractivity contribution in [2.24, 2.45) is 23.2 Å². The second-order valence-corrected chi connectivity index (χ2v) is 14.0. The molecule has 3 aliphatic carbocycles. The number of aromatic nitrogens is 1. The molecule has 1 aliphatic heterocycles. The first-order valence-corrected chi connectivity index (χ1v) is 15.8. The van der Waals surface area contributed by atoms with Crippen LogP contribution in [0.2, 0.25) is 0 Å². The molecule has 1 saturated heterocycles. The predicted octanol–water partition coefficient (Wildman–Crippen LogP) is 2.79. The van der Waals surface area contributed by atoms with Gasteiger partial charge in [0.25, 0.3) is 0 Å². The molecule has 6 rings (SSSR count). The number of nitrogens with zero attached hydrogens (tertiary/aromatic N) is 1. The summed E-state index contributed by atoms with van der Waals surface area (Å²) in [6.07, 6.45) is -1.76. The molecule has 0 radical (unpaired) electrons. The molecule has 1 aromatic carbocycles. The van der Waals surface area contributed by atoms with E-state index in [1.54, 1.807) is 12.3 Å². The Morgan fingerprint density at radius 2 is 1.98 bits per heavy atom. The number of rotatable bonds is 7. The lowest BCUT2D eigenvalue weighted by molar-refractivity contribution is -0.271. The number of aliphatic hydroxyl groups excluding tert-OH is 3. The van der Waals surface area contributed by atoms with Gasteiger partial charge in [-0.05, 0) is 86.0 Å². The second kappa shape index (κ2) is 11.6. The Kier molecular flexibility index (Phi) is 8.10. The topological polar surface area (TPSA) is 176 Å². The molecule has 0 bridgehead atoms. The number of hydrogen-bond acceptors (Lipinski definition) is 10. The van der Waals surface area contributed by atoms with E-state index in [2.05, 4.69) is 17.2 Å². The summed E-state index contributed by atoms with van der Waals surface area (Å²) in [5.74, 6) is 0.0580. The Hall–Kier alpha value is -2.90. The summed E-state index contributed by atoms with van der Waals surface area (Å²) in [7, 11) is 0. The number of aliphatic hydroxyl groups is 3. The number of hydrogen-bond donors (Lipinski definition) is 5. The molecule has 1 aromatic heterocycles. The van der Waals surface area contributed by atoms with Gasteiger partial charge in [-0.3, -0.25) is 9.59 Å². The van der Waals surface area contributed by atoms with Gasteiger partial charge in [0.2, 0.25) is 12.2 Å². The number of nitrogens with one attached hydrogen (secondary N) is 1. The maximum absolute atomic E-state index is 13.3. The largest absolute Gasteiger partial charge is 0.479 e. The lowest BCUT2D eigenvalue weighted by Crippen LogP contribution is -2.61. The third-order valence-electron chi connectivity index (χ3n) is 10.2. The van der Waals surface area contributed by atoms with Crippen molar-refractivity contribution < 1.29 is 44.3 Å².